The van der Waals surface area contributed by atoms with Gasteiger partial charge >= 0.3 is 0 Å². The molecule has 1 saturated heterocycles. The van der Waals surface area contributed by atoms with Gasteiger partial charge in [0.15, 0.2) is 11.5 Å². The molecule has 1 aromatic carbocycles. The summed E-state index contributed by atoms with van der Waals surface area (Å²) >= 11 is 0. The Kier molecular flexibility index (Phi) is 5.23. The zero-order valence-corrected chi connectivity index (χ0v) is 17.0. The van der Waals surface area contributed by atoms with Crippen LogP contribution >= 0.6 is 0 Å². The van der Waals surface area contributed by atoms with Crippen LogP contribution in [0.2, 0.25) is 0 Å². The maximum Gasteiger partial charge on any atom is 0.254 e. The Bertz CT molecular complexity index is 1140. The lowest BCUT2D eigenvalue weighted by Gasteiger charge is -2.24. The first-order chi connectivity index (χ1) is 14.0. The molecular formula is C20H23N5O3S. The molecule has 152 valence electrons. The predicted octanol–water partition coefficient (Wildman–Crippen LogP) is 2.86. The number of hydrogen-bond donors (Lipinski definition) is 1. The Morgan fingerprint density at radius 3 is 2.90 bits per heavy atom. The van der Waals surface area contributed by atoms with Gasteiger partial charge in [0.1, 0.15) is 0 Å². The van der Waals surface area contributed by atoms with Gasteiger partial charge in [-0.15, -0.1) is 10.2 Å². The Morgan fingerprint density at radius 1 is 1.21 bits per heavy atom. The lowest BCUT2D eigenvalue weighted by Crippen LogP contribution is -2.31. The van der Waals surface area contributed by atoms with Crippen molar-refractivity contribution in [2.75, 3.05) is 17.0 Å². The maximum absolute atomic E-state index is 13.2. The molecule has 8 nitrogen and oxygen atoms in total. The van der Waals surface area contributed by atoms with Gasteiger partial charge in [-0.05, 0) is 49.6 Å². The molecule has 1 fully saturated rings. The molecule has 4 rings (SSSR count). The molecule has 1 aliphatic rings. The fraction of sp³-hybridized carbons (Fsp3) is 0.350. The highest BCUT2D eigenvalue weighted by Crippen LogP contribution is 2.32. The predicted molar refractivity (Wildman–Crippen MR) is 110 cm³/mol. The zero-order valence-electron chi connectivity index (χ0n) is 16.2. The van der Waals surface area contributed by atoms with E-state index in [0.717, 1.165) is 24.3 Å². The van der Waals surface area contributed by atoms with Crippen LogP contribution in [0.4, 0.5) is 5.69 Å². The number of pyridine rings is 1. The highest BCUT2D eigenvalue weighted by Gasteiger charge is 2.33. The van der Waals surface area contributed by atoms with E-state index < -0.39 is 10.0 Å². The minimum atomic E-state index is -3.41. The third-order valence-corrected chi connectivity index (χ3v) is 6.50. The largest absolute Gasteiger partial charge is 0.328 e. The second-order valence-electron chi connectivity index (χ2n) is 7.15. The van der Waals surface area contributed by atoms with Gasteiger partial charge in [-0.3, -0.25) is 13.9 Å². The van der Waals surface area contributed by atoms with E-state index in [2.05, 4.69) is 14.9 Å². The van der Waals surface area contributed by atoms with Crippen molar-refractivity contribution in [2.24, 2.45) is 0 Å². The first-order valence-corrected chi connectivity index (χ1v) is 11.3. The average molecular weight is 414 g/mol. The monoisotopic (exact) mass is 413 g/mol. The van der Waals surface area contributed by atoms with Gasteiger partial charge in [0, 0.05) is 24.0 Å². The Morgan fingerprint density at radius 2 is 2.07 bits per heavy atom. The van der Waals surface area contributed by atoms with Crippen LogP contribution in [0.1, 0.15) is 48.4 Å². The Labute approximate surface area is 169 Å². The standard InChI is InChI=1S/C20H23N5O3S/c1-2-13-29(27,28)23-16-8-5-7-15(14-16)20(26)24-12-6-9-17(24)19-22-21-18-10-3-4-11-25(18)19/h3-5,7-8,10-11,14,17,23H,2,6,9,12-13H2,1H3. The van der Waals surface area contributed by atoms with E-state index in [4.69, 9.17) is 0 Å². The topological polar surface area (TPSA) is 96.7 Å². The van der Waals surface area contributed by atoms with Crippen LogP contribution in [-0.4, -0.2) is 46.1 Å². The van der Waals surface area contributed by atoms with E-state index in [1.807, 2.05) is 28.8 Å². The van der Waals surface area contributed by atoms with Crippen LogP contribution in [0, 0.1) is 0 Å². The Balaban J connectivity index is 1.60. The molecule has 1 aliphatic heterocycles. The second kappa shape index (κ2) is 7.82. The molecule has 0 spiro atoms. The summed E-state index contributed by atoms with van der Waals surface area (Å²) in [4.78, 5) is 15.0. The first kappa shape index (κ1) is 19.4. The van der Waals surface area contributed by atoms with Crippen LogP contribution in [-0.2, 0) is 10.0 Å². The molecule has 3 heterocycles. The van der Waals surface area contributed by atoms with E-state index in [0.29, 0.717) is 24.2 Å². The smallest absolute Gasteiger partial charge is 0.254 e. The summed E-state index contributed by atoms with van der Waals surface area (Å²) in [5.74, 6) is 0.641. The number of likely N-dealkylation sites (tertiary alicyclic amines) is 1. The van der Waals surface area contributed by atoms with Crippen molar-refractivity contribution in [3.05, 3.63) is 60.0 Å². The third kappa shape index (κ3) is 3.95. The molecule has 1 atom stereocenters. The number of benzene rings is 1. The van der Waals surface area contributed by atoms with Crippen molar-refractivity contribution in [2.45, 2.75) is 32.2 Å². The lowest BCUT2D eigenvalue weighted by atomic mass is 10.1. The summed E-state index contributed by atoms with van der Waals surface area (Å²) in [5.41, 5.74) is 1.59. The SMILES string of the molecule is CCCS(=O)(=O)Nc1cccc(C(=O)N2CCCC2c2nnc3ccccn23)c1. The lowest BCUT2D eigenvalue weighted by molar-refractivity contribution is 0.0729. The minimum absolute atomic E-state index is 0.0410. The number of rotatable bonds is 6. The van der Waals surface area contributed by atoms with E-state index >= 15 is 0 Å². The van der Waals surface area contributed by atoms with Crippen molar-refractivity contribution >= 4 is 27.3 Å². The van der Waals surface area contributed by atoms with E-state index in [9.17, 15) is 13.2 Å². The highest BCUT2D eigenvalue weighted by atomic mass is 32.2. The quantitative estimate of drug-likeness (QED) is 0.670. The summed E-state index contributed by atoms with van der Waals surface area (Å²) in [7, 11) is -3.41. The number of fused-ring (bicyclic) bond motifs is 1. The van der Waals surface area contributed by atoms with Crippen molar-refractivity contribution in [3.63, 3.8) is 0 Å². The number of carbonyl (C=O) groups is 1. The average Bonchev–Trinajstić information content (AvgIpc) is 3.33. The molecule has 0 radical (unpaired) electrons. The Hall–Kier alpha value is -2.94. The van der Waals surface area contributed by atoms with E-state index in [-0.39, 0.29) is 17.7 Å². The molecule has 3 aromatic rings. The number of sulfonamides is 1. The molecule has 1 amide bonds. The van der Waals surface area contributed by atoms with Crippen molar-refractivity contribution in [3.8, 4) is 0 Å². The van der Waals surface area contributed by atoms with Crippen molar-refractivity contribution in [1.29, 1.82) is 0 Å². The molecule has 1 N–H and O–H groups in total. The summed E-state index contributed by atoms with van der Waals surface area (Å²) < 4.78 is 28.5. The molecular weight excluding hydrogens is 390 g/mol. The van der Waals surface area contributed by atoms with E-state index in [1.54, 1.807) is 36.1 Å². The highest BCUT2D eigenvalue weighted by molar-refractivity contribution is 7.92. The first-order valence-electron chi connectivity index (χ1n) is 9.69. The molecule has 0 aliphatic carbocycles. The van der Waals surface area contributed by atoms with Crippen molar-refractivity contribution in [1.82, 2.24) is 19.5 Å². The van der Waals surface area contributed by atoms with Crippen LogP contribution < -0.4 is 4.72 Å². The fourth-order valence-electron chi connectivity index (χ4n) is 3.75. The summed E-state index contributed by atoms with van der Waals surface area (Å²) in [5, 5.41) is 8.52. The second-order valence-corrected chi connectivity index (χ2v) is 8.99. The van der Waals surface area contributed by atoms with Gasteiger partial charge in [0.25, 0.3) is 5.91 Å². The number of amides is 1. The normalized spacial score (nSPS) is 17.0. The third-order valence-electron chi connectivity index (χ3n) is 5.01. The number of hydrogen-bond acceptors (Lipinski definition) is 5. The van der Waals surface area contributed by atoms with Crippen molar-refractivity contribution < 1.29 is 13.2 Å². The van der Waals surface area contributed by atoms with E-state index in [1.165, 1.54) is 0 Å². The molecule has 29 heavy (non-hydrogen) atoms. The summed E-state index contributed by atoms with van der Waals surface area (Å²) in [6.45, 7) is 2.43. The van der Waals surface area contributed by atoms with Crippen LogP contribution in [0.15, 0.2) is 48.7 Å². The number of nitrogens with one attached hydrogen (secondary N) is 1. The number of nitrogens with zero attached hydrogens (tertiary/aromatic N) is 4. The number of anilines is 1. The molecule has 9 heteroatoms. The van der Waals surface area contributed by atoms with Crippen LogP contribution in [0.3, 0.4) is 0 Å². The van der Waals surface area contributed by atoms with Gasteiger partial charge in [-0.25, -0.2) is 8.42 Å². The summed E-state index contributed by atoms with van der Waals surface area (Å²) in [6.07, 6.45) is 4.11. The molecule has 0 saturated carbocycles. The van der Waals surface area contributed by atoms with Gasteiger partial charge in [-0.1, -0.05) is 19.1 Å². The zero-order chi connectivity index (χ0) is 20.4. The van der Waals surface area contributed by atoms with Crippen LogP contribution in [0.5, 0.6) is 0 Å². The number of carbonyl (C=O) groups excluding carboxylic acids is 1. The molecule has 0 bridgehead atoms. The number of aromatic nitrogens is 3. The fourth-order valence-corrected chi connectivity index (χ4v) is 4.87. The van der Waals surface area contributed by atoms with Gasteiger partial charge in [-0.2, -0.15) is 0 Å². The summed E-state index contributed by atoms with van der Waals surface area (Å²) in [6, 6.07) is 12.2. The van der Waals surface area contributed by atoms with Crippen LogP contribution in [0.25, 0.3) is 5.65 Å². The molecule has 2 aromatic heterocycles. The minimum Gasteiger partial charge on any atom is -0.328 e. The molecule has 1 unspecified atom stereocenters. The van der Waals surface area contributed by atoms with Gasteiger partial charge in [0.05, 0.1) is 11.8 Å². The van der Waals surface area contributed by atoms with Gasteiger partial charge < -0.3 is 4.90 Å². The van der Waals surface area contributed by atoms with Gasteiger partial charge in [0.2, 0.25) is 10.0 Å². The maximum atomic E-state index is 13.2.